The molecule has 0 spiro atoms. The lowest BCUT2D eigenvalue weighted by molar-refractivity contribution is 0.0691. The SMILES string of the molecule is Cc1ccc(C(=O)O)c(F)c1N(CC1CC1)C(=O)c1ccc(C#N)cc1. The Kier molecular flexibility index (Phi) is 4.72. The fraction of sp³-hybridized carbons (Fsp3) is 0.250. The molecular formula is C20H17FN2O3. The predicted octanol–water partition coefficient (Wildman–Crippen LogP) is 3.76. The van der Waals surface area contributed by atoms with Gasteiger partial charge in [0.15, 0.2) is 5.82 Å². The standard InChI is InChI=1S/C20H17FN2O3/c1-12-2-9-16(20(25)26)17(21)18(12)23(11-14-3-4-14)19(24)15-7-5-13(10-22)6-8-15/h2,5-9,14H,3-4,11H2,1H3,(H,25,26). The molecule has 26 heavy (non-hydrogen) atoms. The zero-order valence-corrected chi connectivity index (χ0v) is 14.2. The van der Waals surface area contributed by atoms with E-state index in [-0.39, 0.29) is 11.6 Å². The number of rotatable bonds is 5. The zero-order valence-electron chi connectivity index (χ0n) is 14.2. The number of aryl methyl sites for hydroxylation is 1. The van der Waals surface area contributed by atoms with Crippen LogP contribution in [0.15, 0.2) is 36.4 Å². The third-order valence-corrected chi connectivity index (χ3v) is 4.46. The van der Waals surface area contributed by atoms with Gasteiger partial charge in [0.2, 0.25) is 0 Å². The minimum absolute atomic E-state index is 0.00570. The number of nitriles is 1. The smallest absolute Gasteiger partial charge is 0.338 e. The van der Waals surface area contributed by atoms with Crippen molar-refractivity contribution in [3.05, 3.63) is 64.5 Å². The van der Waals surface area contributed by atoms with Crippen LogP contribution in [0.3, 0.4) is 0 Å². The fourth-order valence-corrected chi connectivity index (χ4v) is 2.84. The molecule has 2 aromatic carbocycles. The first kappa shape index (κ1) is 17.6. The first-order chi connectivity index (χ1) is 12.4. The summed E-state index contributed by atoms with van der Waals surface area (Å²) in [4.78, 5) is 25.6. The second-order valence-electron chi connectivity index (χ2n) is 6.45. The topological polar surface area (TPSA) is 81.4 Å². The van der Waals surface area contributed by atoms with Gasteiger partial charge in [-0.3, -0.25) is 4.79 Å². The van der Waals surface area contributed by atoms with Crippen molar-refractivity contribution in [1.82, 2.24) is 0 Å². The zero-order chi connectivity index (χ0) is 18.8. The average molecular weight is 352 g/mol. The van der Waals surface area contributed by atoms with Gasteiger partial charge in [0, 0.05) is 12.1 Å². The van der Waals surface area contributed by atoms with Gasteiger partial charge in [0.25, 0.3) is 5.91 Å². The Labute approximate surface area is 150 Å². The summed E-state index contributed by atoms with van der Waals surface area (Å²) in [7, 11) is 0. The highest BCUT2D eigenvalue weighted by molar-refractivity contribution is 6.07. The summed E-state index contributed by atoms with van der Waals surface area (Å²) in [6.45, 7) is 1.98. The molecule has 0 aliphatic heterocycles. The monoisotopic (exact) mass is 352 g/mol. The van der Waals surface area contributed by atoms with E-state index in [4.69, 9.17) is 5.26 Å². The molecule has 132 valence electrons. The van der Waals surface area contributed by atoms with Gasteiger partial charge < -0.3 is 10.0 Å². The summed E-state index contributed by atoms with van der Waals surface area (Å²) in [5, 5.41) is 18.1. The lowest BCUT2D eigenvalue weighted by atomic mass is 10.1. The van der Waals surface area contributed by atoms with Crippen LogP contribution in [0.4, 0.5) is 10.1 Å². The van der Waals surface area contributed by atoms with E-state index in [1.54, 1.807) is 6.92 Å². The highest BCUT2D eigenvalue weighted by atomic mass is 19.1. The number of hydrogen-bond acceptors (Lipinski definition) is 3. The maximum absolute atomic E-state index is 14.9. The molecule has 1 saturated carbocycles. The summed E-state index contributed by atoms with van der Waals surface area (Å²) in [5.74, 6) is -2.41. The van der Waals surface area contributed by atoms with E-state index in [9.17, 15) is 19.1 Å². The number of aromatic carboxylic acids is 1. The van der Waals surface area contributed by atoms with Crippen molar-refractivity contribution in [2.75, 3.05) is 11.4 Å². The van der Waals surface area contributed by atoms with Crippen LogP contribution < -0.4 is 4.90 Å². The van der Waals surface area contributed by atoms with Crippen molar-refractivity contribution in [3.63, 3.8) is 0 Å². The molecule has 1 N–H and O–H groups in total. The summed E-state index contributed by atoms with van der Waals surface area (Å²) in [6, 6.07) is 10.8. The van der Waals surface area contributed by atoms with Crippen LogP contribution in [0.5, 0.6) is 0 Å². The van der Waals surface area contributed by atoms with E-state index in [0.29, 0.717) is 23.2 Å². The second-order valence-corrected chi connectivity index (χ2v) is 6.45. The Bertz CT molecular complexity index is 912. The maximum Gasteiger partial charge on any atom is 0.338 e. The van der Waals surface area contributed by atoms with Crippen molar-refractivity contribution in [2.45, 2.75) is 19.8 Å². The molecule has 1 amide bonds. The average Bonchev–Trinajstić information content (AvgIpc) is 3.44. The molecule has 1 fully saturated rings. The van der Waals surface area contributed by atoms with Crippen molar-refractivity contribution in [3.8, 4) is 6.07 Å². The highest BCUT2D eigenvalue weighted by Gasteiger charge is 2.31. The third kappa shape index (κ3) is 3.42. The van der Waals surface area contributed by atoms with E-state index < -0.39 is 23.3 Å². The summed E-state index contributed by atoms with van der Waals surface area (Å²) < 4.78 is 14.9. The Balaban J connectivity index is 2.06. The minimum Gasteiger partial charge on any atom is -0.478 e. The Morgan fingerprint density at radius 3 is 2.42 bits per heavy atom. The molecule has 0 radical (unpaired) electrons. The van der Waals surface area contributed by atoms with Crippen molar-refractivity contribution >= 4 is 17.6 Å². The first-order valence-corrected chi connectivity index (χ1v) is 8.26. The number of carbonyl (C=O) groups is 2. The van der Waals surface area contributed by atoms with Crippen molar-refractivity contribution in [1.29, 1.82) is 5.26 Å². The van der Waals surface area contributed by atoms with Gasteiger partial charge in [-0.25, -0.2) is 9.18 Å². The molecular weight excluding hydrogens is 335 g/mol. The first-order valence-electron chi connectivity index (χ1n) is 8.26. The maximum atomic E-state index is 14.9. The van der Waals surface area contributed by atoms with Gasteiger partial charge in [0.05, 0.1) is 22.9 Å². The minimum atomic E-state index is -1.37. The number of amides is 1. The number of carboxylic acids is 1. The van der Waals surface area contributed by atoms with E-state index in [1.165, 1.54) is 41.3 Å². The summed E-state index contributed by atoms with van der Waals surface area (Å²) >= 11 is 0. The van der Waals surface area contributed by atoms with Crippen LogP contribution in [0, 0.1) is 30.0 Å². The number of halogens is 1. The summed E-state index contributed by atoms with van der Waals surface area (Å²) in [6.07, 6.45) is 1.91. The Hall–Kier alpha value is -3.20. The van der Waals surface area contributed by atoms with Crippen LogP contribution in [0.1, 0.15) is 44.7 Å². The molecule has 1 aliphatic rings. The number of hydrogen-bond donors (Lipinski definition) is 1. The molecule has 0 atom stereocenters. The second kappa shape index (κ2) is 6.96. The molecule has 0 unspecified atom stereocenters. The lowest BCUT2D eigenvalue weighted by Crippen LogP contribution is -2.34. The van der Waals surface area contributed by atoms with Crippen LogP contribution in [0.25, 0.3) is 0 Å². The van der Waals surface area contributed by atoms with E-state index in [1.807, 2.05) is 6.07 Å². The summed E-state index contributed by atoms with van der Waals surface area (Å²) in [5.41, 5.74) is 0.787. The molecule has 3 rings (SSSR count). The Morgan fingerprint density at radius 2 is 1.88 bits per heavy atom. The molecule has 5 nitrogen and oxygen atoms in total. The Morgan fingerprint density at radius 1 is 1.23 bits per heavy atom. The highest BCUT2D eigenvalue weighted by Crippen LogP contribution is 2.35. The van der Waals surface area contributed by atoms with Crippen molar-refractivity contribution < 1.29 is 19.1 Å². The van der Waals surface area contributed by atoms with Gasteiger partial charge in [0.1, 0.15) is 0 Å². The molecule has 0 saturated heterocycles. The van der Waals surface area contributed by atoms with Crippen LogP contribution in [-0.4, -0.2) is 23.5 Å². The van der Waals surface area contributed by atoms with Gasteiger partial charge >= 0.3 is 5.97 Å². The fourth-order valence-electron chi connectivity index (χ4n) is 2.84. The number of carboxylic acid groups (broad SMARTS) is 1. The number of nitrogens with zero attached hydrogens (tertiary/aromatic N) is 2. The molecule has 2 aromatic rings. The van der Waals surface area contributed by atoms with E-state index in [0.717, 1.165) is 12.8 Å². The van der Waals surface area contributed by atoms with Crippen LogP contribution in [0.2, 0.25) is 0 Å². The quantitative estimate of drug-likeness (QED) is 0.888. The number of benzene rings is 2. The van der Waals surface area contributed by atoms with E-state index in [2.05, 4.69) is 0 Å². The van der Waals surface area contributed by atoms with E-state index >= 15 is 0 Å². The molecule has 1 aliphatic carbocycles. The molecule has 0 bridgehead atoms. The molecule has 0 heterocycles. The third-order valence-electron chi connectivity index (χ3n) is 4.46. The normalized spacial score (nSPS) is 13.1. The lowest BCUT2D eigenvalue weighted by Gasteiger charge is -2.26. The van der Waals surface area contributed by atoms with Crippen molar-refractivity contribution in [2.24, 2.45) is 5.92 Å². The van der Waals surface area contributed by atoms with Gasteiger partial charge in [-0.2, -0.15) is 5.26 Å². The van der Waals surface area contributed by atoms with Gasteiger partial charge in [-0.05, 0) is 61.6 Å². The molecule has 6 heteroatoms. The predicted molar refractivity (Wildman–Crippen MR) is 93.7 cm³/mol. The largest absolute Gasteiger partial charge is 0.478 e. The van der Waals surface area contributed by atoms with Crippen LogP contribution >= 0.6 is 0 Å². The van der Waals surface area contributed by atoms with Gasteiger partial charge in [-0.1, -0.05) is 6.07 Å². The molecule has 0 aromatic heterocycles. The number of carbonyl (C=O) groups excluding carboxylic acids is 1. The number of anilines is 1. The van der Waals surface area contributed by atoms with Gasteiger partial charge in [-0.15, -0.1) is 0 Å². The van der Waals surface area contributed by atoms with Crippen LogP contribution in [-0.2, 0) is 0 Å².